The summed E-state index contributed by atoms with van der Waals surface area (Å²) >= 11 is 0. The van der Waals surface area contributed by atoms with Gasteiger partial charge in [-0.2, -0.15) is 35.7 Å². The van der Waals surface area contributed by atoms with Crippen LogP contribution in [0.1, 0.15) is 13.8 Å². The highest BCUT2D eigenvalue weighted by atomic mass is 19.4. The summed E-state index contributed by atoms with van der Waals surface area (Å²) in [5, 5.41) is 0. The van der Waals surface area contributed by atoms with Crippen molar-refractivity contribution >= 4 is 5.69 Å². The number of rotatable bonds is 3. The van der Waals surface area contributed by atoms with Crippen molar-refractivity contribution in [1.82, 2.24) is 4.98 Å². The van der Waals surface area contributed by atoms with Gasteiger partial charge in [0.2, 0.25) is 11.6 Å². The molecule has 108 valence electrons. The summed E-state index contributed by atoms with van der Waals surface area (Å²) in [6.07, 6.45) is -4.79. The monoisotopic (exact) mass is 290 g/mol. The van der Waals surface area contributed by atoms with Gasteiger partial charge in [0.25, 0.3) is 11.9 Å². The maximum Gasteiger partial charge on any atom is 0.405 e. The Bertz CT molecular complexity index is 444. The van der Waals surface area contributed by atoms with Crippen molar-refractivity contribution in [3.8, 4) is 0 Å². The van der Waals surface area contributed by atoms with E-state index in [-0.39, 0.29) is 4.90 Å². The molecule has 0 spiro atoms. The first-order valence-corrected chi connectivity index (χ1v) is 5.08. The maximum absolute atomic E-state index is 13.4. The molecule has 19 heavy (non-hydrogen) atoms. The van der Waals surface area contributed by atoms with Crippen LogP contribution < -0.4 is 4.90 Å². The molecule has 0 saturated heterocycles. The van der Waals surface area contributed by atoms with Crippen molar-refractivity contribution in [2.75, 3.05) is 11.4 Å². The summed E-state index contributed by atoms with van der Waals surface area (Å²) in [7, 11) is 0. The minimum Gasteiger partial charge on any atom is -0.355 e. The number of anilines is 1. The van der Waals surface area contributed by atoms with Crippen molar-refractivity contribution in [2.24, 2.45) is 0 Å². The number of aromatic nitrogens is 1. The van der Waals surface area contributed by atoms with Crippen LogP contribution in [0.15, 0.2) is 0 Å². The summed E-state index contributed by atoms with van der Waals surface area (Å²) in [5.41, 5.74) is -1.42. The quantitative estimate of drug-likeness (QED) is 0.626. The van der Waals surface area contributed by atoms with Crippen LogP contribution in [0.5, 0.6) is 0 Å². The van der Waals surface area contributed by atoms with Gasteiger partial charge in [0, 0.05) is 6.04 Å². The van der Waals surface area contributed by atoms with Crippen molar-refractivity contribution < 1.29 is 30.7 Å². The van der Waals surface area contributed by atoms with Crippen LogP contribution in [0, 0.1) is 23.5 Å². The van der Waals surface area contributed by atoms with Crippen LogP contribution in [0.3, 0.4) is 0 Å². The zero-order valence-corrected chi connectivity index (χ0v) is 9.82. The van der Waals surface area contributed by atoms with E-state index < -0.39 is 48.0 Å². The number of hydrogen-bond donors (Lipinski definition) is 0. The molecule has 0 aliphatic carbocycles. The first-order valence-electron chi connectivity index (χ1n) is 5.08. The maximum atomic E-state index is 13.4. The molecule has 9 heteroatoms. The Morgan fingerprint density at radius 3 is 1.74 bits per heavy atom. The molecule has 0 aromatic carbocycles. The minimum atomic E-state index is -4.79. The number of nitrogens with zero attached hydrogens (tertiary/aromatic N) is 2. The van der Waals surface area contributed by atoms with Crippen LogP contribution in [-0.2, 0) is 0 Å². The number of alkyl halides is 3. The Balaban J connectivity index is 3.39. The number of pyridine rings is 1. The van der Waals surface area contributed by atoms with E-state index in [1.807, 2.05) is 0 Å². The molecule has 0 aliphatic heterocycles. The van der Waals surface area contributed by atoms with Gasteiger partial charge in [-0.3, -0.25) is 0 Å². The second kappa shape index (κ2) is 5.22. The summed E-state index contributed by atoms with van der Waals surface area (Å²) in [5.74, 6) is -7.92. The first kappa shape index (κ1) is 15.5. The third kappa shape index (κ3) is 3.48. The molecule has 0 amide bonds. The molecule has 0 saturated carbocycles. The Labute approximate surface area is 103 Å². The van der Waals surface area contributed by atoms with Gasteiger partial charge in [-0.25, -0.2) is 0 Å². The lowest BCUT2D eigenvalue weighted by Gasteiger charge is -2.30. The lowest BCUT2D eigenvalue weighted by atomic mass is 10.2. The third-order valence-corrected chi connectivity index (χ3v) is 2.23. The van der Waals surface area contributed by atoms with E-state index in [1.165, 1.54) is 13.8 Å². The molecule has 0 aliphatic rings. The van der Waals surface area contributed by atoms with Crippen LogP contribution >= 0.6 is 0 Å². The smallest absolute Gasteiger partial charge is 0.355 e. The lowest BCUT2D eigenvalue weighted by Crippen LogP contribution is -2.40. The van der Waals surface area contributed by atoms with Crippen molar-refractivity contribution in [1.29, 1.82) is 0 Å². The first-order chi connectivity index (χ1) is 8.54. The van der Waals surface area contributed by atoms with Gasteiger partial charge in [-0.1, -0.05) is 0 Å². The third-order valence-electron chi connectivity index (χ3n) is 2.23. The number of halogens is 7. The second-order valence-corrected chi connectivity index (χ2v) is 4.01. The van der Waals surface area contributed by atoms with Crippen LogP contribution in [-0.4, -0.2) is 23.7 Å². The van der Waals surface area contributed by atoms with Crippen LogP contribution in [0.4, 0.5) is 36.4 Å². The van der Waals surface area contributed by atoms with E-state index in [9.17, 15) is 30.7 Å². The van der Waals surface area contributed by atoms with E-state index in [4.69, 9.17) is 0 Å². The fourth-order valence-electron chi connectivity index (χ4n) is 1.44. The highest BCUT2D eigenvalue weighted by Gasteiger charge is 2.36. The van der Waals surface area contributed by atoms with Gasteiger partial charge in [0.15, 0.2) is 0 Å². The zero-order valence-electron chi connectivity index (χ0n) is 9.82. The molecule has 0 radical (unpaired) electrons. The van der Waals surface area contributed by atoms with E-state index in [2.05, 4.69) is 4.98 Å². The zero-order chi connectivity index (χ0) is 15.0. The van der Waals surface area contributed by atoms with E-state index in [0.29, 0.717) is 0 Å². The van der Waals surface area contributed by atoms with Crippen molar-refractivity contribution in [3.05, 3.63) is 23.5 Å². The summed E-state index contributed by atoms with van der Waals surface area (Å²) in [6, 6.07) is -1.04. The van der Waals surface area contributed by atoms with Gasteiger partial charge in [0.1, 0.15) is 12.2 Å². The molecule has 0 atom stereocenters. The predicted molar refractivity (Wildman–Crippen MR) is 52.6 cm³/mol. The Morgan fingerprint density at radius 1 is 1.00 bits per heavy atom. The fourth-order valence-corrected chi connectivity index (χ4v) is 1.44. The van der Waals surface area contributed by atoms with Crippen LogP contribution in [0.25, 0.3) is 0 Å². The van der Waals surface area contributed by atoms with E-state index >= 15 is 0 Å². The largest absolute Gasteiger partial charge is 0.405 e. The van der Waals surface area contributed by atoms with Crippen molar-refractivity contribution in [2.45, 2.75) is 26.1 Å². The fraction of sp³-hybridized carbons (Fsp3) is 0.500. The Hall–Kier alpha value is -1.54. The van der Waals surface area contributed by atoms with Gasteiger partial charge in [-0.15, -0.1) is 0 Å². The second-order valence-electron chi connectivity index (χ2n) is 4.01. The molecule has 1 aromatic rings. The molecule has 1 rings (SSSR count). The average Bonchev–Trinajstić information content (AvgIpc) is 2.23. The lowest BCUT2D eigenvalue weighted by molar-refractivity contribution is -0.120. The molecule has 0 unspecified atom stereocenters. The van der Waals surface area contributed by atoms with Gasteiger partial charge in [0.05, 0.1) is 0 Å². The molecule has 1 heterocycles. The highest BCUT2D eigenvalue weighted by Crippen LogP contribution is 2.30. The van der Waals surface area contributed by atoms with Gasteiger partial charge in [-0.05, 0) is 13.8 Å². The number of hydrogen-bond acceptors (Lipinski definition) is 2. The summed E-state index contributed by atoms with van der Waals surface area (Å²) < 4.78 is 89.5. The molecule has 0 N–H and O–H groups in total. The Kier molecular flexibility index (Phi) is 4.26. The summed E-state index contributed by atoms with van der Waals surface area (Å²) in [6.45, 7) is 0.642. The molecule has 1 aromatic heterocycles. The van der Waals surface area contributed by atoms with Crippen molar-refractivity contribution in [3.63, 3.8) is 0 Å². The normalized spacial score (nSPS) is 12.1. The molecular weight excluding hydrogens is 281 g/mol. The molecule has 0 fully saturated rings. The van der Waals surface area contributed by atoms with E-state index in [0.717, 1.165) is 0 Å². The van der Waals surface area contributed by atoms with Gasteiger partial charge < -0.3 is 4.90 Å². The predicted octanol–water partition coefficient (Wildman–Crippen LogP) is 3.42. The van der Waals surface area contributed by atoms with E-state index in [1.54, 1.807) is 0 Å². The average molecular weight is 290 g/mol. The summed E-state index contributed by atoms with van der Waals surface area (Å²) in [4.78, 5) is 2.46. The topological polar surface area (TPSA) is 16.1 Å². The SMILES string of the molecule is CC(C)N(CC(F)(F)F)c1c(F)c(F)nc(F)c1F. The Morgan fingerprint density at radius 2 is 1.42 bits per heavy atom. The van der Waals surface area contributed by atoms with Crippen LogP contribution in [0.2, 0.25) is 0 Å². The molecular formula is C10H9F7N2. The molecule has 0 bridgehead atoms. The minimum absolute atomic E-state index is 0.179. The molecule has 2 nitrogen and oxygen atoms in total. The van der Waals surface area contributed by atoms with Gasteiger partial charge >= 0.3 is 6.18 Å². The standard InChI is InChI=1S/C10H9F7N2/c1-4(2)19(3-10(15,16)17)7-5(11)8(13)18-9(14)6(7)12/h4H,3H2,1-2H3. The highest BCUT2D eigenvalue weighted by molar-refractivity contribution is 5.49.